The number of hydrogen-bond donors (Lipinski definition) is 1. The van der Waals surface area contributed by atoms with Crippen LogP contribution in [0.15, 0.2) is 53.6 Å². The Morgan fingerprint density at radius 3 is 2.74 bits per heavy atom. The van der Waals surface area contributed by atoms with Crippen LogP contribution in [0.1, 0.15) is 30.3 Å². The number of aryl methyl sites for hydroxylation is 1. The number of benzene rings is 2. The Bertz CT molecular complexity index is 964. The molecule has 1 N–H and O–H groups in total. The van der Waals surface area contributed by atoms with Crippen molar-refractivity contribution >= 4 is 18.4 Å². The van der Waals surface area contributed by atoms with Crippen LogP contribution in [0.5, 0.6) is 11.5 Å². The lowest BCUT2D eigenvalue weighted by Gasteiger charge is -2.13. The molecule has 0 amide bonds. The maximum atomic E-state index is 6.05. The van der Waals surface area contributed by atoms with E-state index in [1.165, 1.54) is 0 Å². The van der Waals surface area contributed by atoms with Gasteiger partial charge >= 0.3 is 0 Å². The summed E-state index contributed by atoms with van der Waals surface area (Å²) in [5.41, 5.74) is 1.88. The van der Waals surface area contributed by atoms with Gasteiger partial charge in [-0.05, 0) is 36.3 Å². The summed E-state index contributed by atoms with van der Waals surface area (Å²) in [5.74, 6) is 2.09. The Balaban J connectivity index is 1.89. The quantitative estimate of drug-likeness (QED) is 0.464. The van der Waals surface area contributed by atoms with Gasteiger partial charge in [0.05, 0.1) is 13.3 Å². The molecule has 6 nitrogen and oxygen atoms in total. The van der Waals surface area contributed by atoms with Gasteiger partial charge in [-0.3, -0.25) is 5.10 Å². The molecule has 2 aromatic carbocycles. The Hall–Kier alpha value is -2.93. The van der Waals surface area contributed by atoms with Gasteiger partial charge in [0.25, 0.3) is 0 Å². The van der Waals surface area contributed by atoms with E-state index < -0.39 is 0 Å². The molecule has 1 heterocycles. The molecule has 0 radical (unpaired) electrons. The highest BCUT2D eigenvalue weighted by Crippen LogP contribution is 2.31. The molecule has 0 fully saturated rings. The number of nitrogens with zero attached hydrogens (tertiary/aromatic N) is 3. The normalized spacial score (nSPS) is 11.0. The highest BCUT2D eigenvalue weighted by molar-refractivity contribution is 7.71. The first-order chi connectivity index (χ1) is 13.2. The zero-order valence-electron chi connectivity index (χ0n) is 15.4. The second kappa shape index (κ2) is 9.14. The Labute approximate surface area is 163 Å². The zero-order chi connectivity index (χ0) is 19.1. The molecule has 3 aromatic rings. The molecule has 0 atom stereocenters. The molecule has 0 unspecified atom stereocenters. The summed E-state index contributed by atoms with van der Waals surface area (Å²) < 4.78 is 13.6. The molecule has 0 bridgehead atoms. The third-order valence-corrected chi connectivity index (χ3v) is 4.22. The van der Waals surface area contributed by atoms with Crippen molar-refractivity contribution in [1.29, 1.82) is 0 Å². The summed E-state index contributed by atoms with van der Waals surface area (Å²) in [6.45, 7) is 2.53. The third-order valence-electron chi connectivity index (χ3n) is 3.96. The maximum Gasteiger partial charge on any atom is 0.216 e. The fourth-order valence-corrected chi connectivity index (χ4v) is 2.83. The summed E-state index contributed by atoms with van der Waals surface area (Å²) in [4.78, 5) is 0. The fraction of sp³-hybridized carbons (Fsp3) is 0.250. The first-order valence-corrected chi connectivity index (χ1v) is 9.18. The first kappa shape index (κ1) is 18.8. The minimum absolute atomic E-state index is 0.439. The molecule has 3 rings (SSSR count). The van der Waals surface area contributed by atoms with E-state index in [4.69, 9.17) is 21.7 Å². The van der Waals surface area contributed by atoms with E-state index in [-0.39, 0.29) is 0 Å². The summed E-state index contributed by atoms with van der Waals surface area (Å²) in [6, 6.07) is 15.7. The van der Waals surface area contributed by atoms with Crippen LogP contribution in [0.3, 0.4) is 0 Å². The lowest BCUT2D eigenvalue weighted by atomic mass is 10.2. The zero-order valence-corrected chi connectivity index (χ0v) is 16.2. The molecule has 0 aliphatic rings. The molecular weight excluding hydrogens is 360 g/mol. The Kier molecular flexibility index (Phi) is 6.38. The monoisotopic (exact) mass is 382 g/mol. The van der Waals surface area contributed by atoms with E-state index in [9.17, 15) is 0 Å². The van der Waals surface area contributed by atoms with Crippen molar-refractivity contribution < 1.29 is 9.47 Å². The van der Waals surface area contributed by atoms with Crippen LogP contribution in [0.25, 0.3) is 0 Å². The lowest BCUT2D eigenvalue weighted by molar-refractivity contribution is 0.284. The van der Waals surface area contributed by atoms with Gasteiger partial charge in [-0.15, -0.1) is 0 Å². The summed E-state index contributed by atoms with van der Waals surface area (Å²) in [5, 5.41) is 11.5. The number of methoxy groups -OCH3 is 1. The predicted octanol–water partition coefficient (Wildman–Crippen LogP) is 4.36. The van der Waals surface area contributed by atoms with Gasteiger partial charge in [0.1, 0.15) is 6.61 Å². The number of ether oxygens (including phenoxy) is 2. The van der Waals surface area contributed by atoms with Gasteiger partial charge in [0, 0.05) is 12.0 Å². The van der Waals surface area contributed by atoms with Crippen molar-refractivity contribution in [3.63, 3.8) is 0 Å². The minimum Gasteiger partial charge on any atom is -0.493 e. The van der Waals surface area contributed by atoms with Gasteiger partial charge in [-0.25, -0.2) is 0 Å². The Morgan fingerprint density at radius 2 is 2.00 bits per heavy atom. The SMILES string of the molecule is CCCc1n[nH]c(=S)n1/N=C\c1cccc(OC)c1OCc1ccccc1. The number of H-pyrrole nitrogens is 1. The molecule has 7 heteroatoms. The van der Waals surface area contributed by atoms with Crippen LogP contribution in [0.2, 0.25) is 0 Å². The Morgan fingerprint density at radius 1 is 1.19 bits per heavy atom. The van der Waals surface area contributed by atoms with Crippen LogP contribution < -0.4 is 9.47 Å². The van der Waals surface area contributed by atoms with Gasteiger partial charge in [0.15, 0.2) is 17.3 Å². The molecule has 0 aliphatic carbocycles. The standard InChI is InChI=1S/C20H22N4O2S/c1-3-8-18-22-23-20(27)24(18)21-13-16-11-7-12-17(25-2)19(16)26-14-15-9-5-4-6-10-15/h4-7,9-13H,3,8,14H2,1-2H3,(H,23,27)/b21-13-. The van der Waals surface area contributed by atoms with Crippen molar-refractivity contribution in [3.8, 4) is 11.5 Å². The van der Waals surface area contributed by atoms with E-state index in [0.717, 1.165) is 29.8 Å². The molecule has 0 saturated carbocycles. The summed E-state index contributed by atoms with van der Waals surface area (Å²) in [7, 11) is 1.62. The highest BCUT2D eigenvalue weighted by Gasteiger charge is 2.10. The topological polar surface area (TPSA) is 64.4 Å². The second-order valence-electron chi connectivity index (χ2n) is 5.90. The predicted molar refractivity (Wildman–Crippen MR) is 108 cm³/mol. The second-order valence-corrected chi connectivity index (χ2v) is 6.29. The van der Waals surface area contributed by atoms with Crippen LogP contribution in [-0.4, -0.2) is 28.2 Å². The largest absolute Gasteiger partial charge is 0.493 e. The van der Waals surface area contributed by atoms with E-state index in [1.54, 1.807) is 18.0 Å². The van der Waals surface area contributed by atoms with E-state index in [1.807, 2.05) is 48.5 Å². The minimum atomic E-state index is 0.439. The maximum absolute atomic E-state index is 6.05. The van der Waals surface area contributed by atoms with E-state index in [2.05, 4.69) is 22.2 Å². The van der Waals surface area contributed by atoms with Crippen LogP contribution in [0, 0.1) is 4.77 Å². The molecule has 140 valence electrons. The number of aromatic amines is 1. The molecule has 27 heavy (non-hydrogen) atoms. The molecular formula is C20H22N4O2S. The van der Waals surface area contributed by atoms with E-state index in [0.29, 0.717) is 22.9 Å². The lowest BCUT2D eigenvalue weighted by Crippen LogP contribution is -2.02. The summed E-state index contributed by atoms with van der Waals surface area (Å²) in [6.07, 6.45) is 3.47. The van der Waals surface area contributed by atoms with Crippen LogP contribution in [0.4, 0.5) is 0 Å². The molecule has 0 spiro atoms. The number of rotatable bonds is 8. The third kappa shape index (κ3) is 4.62. The van der Waals surface area contributed by atoms with Crippen molar-refractivity contribution in [1.82, 2.24) is 14.9 Å². The van der Waals surface area contributed by atoms with Crippen molar-refractivity contribution in [2.24, 2.45) is 5.10 Å². The molecule has 1 aromatic heterocycles. The average molecular weight is 382 g/mol. The van der Waals surface area contributed by atoms with Gasteiger partial charge in [0.2, 0.25) is 4.77 Å². The highest BCUT2D eigenvalue weighted by atomic mass is 32.1. The number of para-hydroxylation sites is 1. The van der Waals surface area contributed by atoms with Crippen molar-refractivity contribution in [2.45, 2.75) is 26.4 Å². The number of aromatic nitrogens is 3. The van der Waals surface area contributed by atoms with Gasteiger partial charge < -0.3 is 9.47 Å². The van der Waals surface area contributed by atoms with E-state index >= 15 is 0 Å². The smallest absolute Gasteiger partial charge is 0.216 e. The first-order valence-electron chi connectivity index (χ1n) is 8.77. The van der Waals surface area contributed by atoms with Crippen LogP contribution in [-0.2, 0) is 13.0 Å². The van der Waals surface area contributed by atoms with Gasteiger partial charge in [-0.1, -0.05) is 43.3 Å². The van der Waals surface area contributed by atoms with Crippen molar-refractivity contribution in [3.05, 3.63) is 70.3 Å². The van der Waals surface area contributed by atoms with Crippen molar-refractivity contribution in [2.75, 3.05) is 7.11 Å². The fourth-order valence-electron chi connectivity index (χ4n) is 2.63. The number of hydrogen-bond acceptors (Lipinski definition) is 5. The average Bonchev–Trinajstić information content (AvgIpc) is 3.05. The number of nitrogens with one attached hydrogen (secondary N) is 1. The molecule has 0 aliphatic heterocycles. The summed E-state index contributed by atoms with van der Waals surface area (Å²) >= 11 is 5.27. The van der Waals surface area contributed by atoms with Gasteiger partial charge in [-0.2, -0.15) is 14.9 Å². The molecule has 0 saturated heterocycles. The van der Waals surface area contributed by atoms with Crippen LogP contribution >= 0.6 is 12.2 Å².